The van der Waals surface area contributed by atoms with Crippen LogP contribution in [0.25, 0.3) is 0 Å². The summed E-state index contributed by atoms with van der Waals surface area (Å²) < 4.78 is 5.38. The molecular formula is C18H20Cl2O3. The van der Waals surface area contributed by atoms with Gasteiger partial charge < -0.3 is 9.53 Å². The van der Waals surface area contributed by atoms with E-state index in [0.717, 1.165) is 25.5 Å². The van der Waals surface area contributed by atoms with E-state index in [1.165, 1.54) is 0 Å². The van der Waals surface area contributed by atoms with Gasteiger partial charge in [-0.1, -0.05) is 35.7 Å². The van der Waals surface area contributed by atoms with Crippen molar-refractivity contribution in [2.75, 3.05) is 6.61 Å². The molecule has 0 amide bonds. The number of carbonyl (C=O) groups is 2. The van der Waals surface area contributed by atoms with Gasteiger partial charge in [-0.2, -0.15) is 0 Å². The molecule has 0 heterocycles. The molecule has 2 bridgehead atoms. The van der Waals surface area contributed by atoms with Crippen LogP contribution in [0.4, 0.5) is 0 Å². The Hall–Kier alpha value is -1.06. The molecule has 0 saturated heterocycles. The Morgan fingerprint density at radius 2 is 2.22 bits per heavy atom. The first-order valence-corrected chi connectivity index (χ1v) is 8.86. The van der Waals surface area contributed by atoms with Crippen molar-refractivity contribution < 1.29 is 14.3 Å². The van der Waals surface area contributed by atoms with Gasteiger partial charge in [0.25, 0.3) is 0 Å². The lowest BCUT2D eigenvalue weighted by molar-refractivity contribution is -0.162. The molecule has 0 N–H and O–H groups in total. The first-order chi connectivity index (χ1) is 11.0. The number of carbonyl (C=O) groups excluding carboxylic acids is 2. The summed E-state index contributed by atoms with van der Waals surface area (Å²) in [6.07, 6.45) is 4.67. The number of hydrogen-bond donors (Lipinski definition) is 0. The van der Waals surface area contributed by atoms with E-state index in [9.17, 15) is 9.59 Å². The fourth-order valence-electron chi connectivity index (χ4n) is 4.62. The minimum atomic E-state index is -0.780. The van der Waals surface area contributed by atoms with Crippen LogP contribution in [0.2, 0.25) is 10.0 Å². The molecule has 23 heavy (non-hydrogen) atoms. The molecule has 3 nitrogen and oxygen atoms in total. The summed E-state index contributed by atoms with van der Waals surface area (Å²) >= 11 is 12.3. The van der Waals surface area contributed by atoms with Crippen LogP contribution in [0, 0.1) is 17.3 Å². The first-order valence-electron chi connectivity index (χ1n) is 8.10. The highest BCUT2D eigenvalue weighted by atomic mass is 35.5. The molecule has 0 aromatic heterocycles. The third-order valence-corrected chi connectivity index (χ3v) is 6.10. The fraction of sp³-hybridized carbons (Fsp3) is 0.556. The number of benzene rings is 1. The van der Waals surface area contributed by atoms with Crippen molar-refractivity contribution in [2.45, 2.75) is 38.5 Å². The van der Waals surface area contributed by atoms with Gasteiger partial charge in [-0.15, -0.1) is 0 Å². The summed E-state index contributed by atoms with van der Waals surface area (Å²) in [4.78, 5) is 24.9. The van der Waals surface area contributed by atoms with Crippen molar-refractivity contribution in [1.29, 1.82) is 0 Å². The summed E-state index contributed by atoms with van der Waals surface area (Å²) in [5, 5.41) is 0.947. The highest BCUT2D eigenvalue weighted by molar-refractivity contribution is 6.35. The summed E-state index contributed by atoms with van der Waals surface area (Å²) in [5.41, 5.74) is -0.107. The number of halogens is 2. The number of ether oxygens (including phenoxy) is 1. The van der Waals surface area contributed by atoms with Crippen molar-refractivity contribution in [3.05, 3.63) is 33.8 Å². The minimum absolute atomic E-state index is 0.188. The smallest absolute Gasteiger partial charge is 0.313 e. The third kappa shape index (κ3) is 2.68. The lowest BCUT2D eigenvalue weighted by Crippen LogP contribution is -2.44. The minimum Gasteiger partial charge on any atom is -0.466 e. The van der Waals surface area contributed by atoms with E-state index in [-0.39, 0.29) is 11.9 Å². The van der Waals surface area contributed by atoms with E-state index >= 15 is 0 Å². The average Bonchev–Trinajstić information content (AvgIpc) is 3.12. The molecule has 2 aliphatic rings. The summed E-state index contributed by atoms with van der Waals surface area (Å²) in [7, 11) is 0. The Morgan fingerprint density at radius 3 is 2.74 bits per heavy atom. The van der Waals surface area contributed by atoms with Crippen molar-refractivity contribution in [2.24, 2.45) is 17.3 Å². The van der Waals surface area contributed by atoms with Crippen LogP contribution in [-0.4, -0.2) is 18.9 Å². The third-order valence-electron chi connectivity index (χ3n) is 5.54. The van der Waals surface area contributed by atoms with Crippen LogP contribution in [0.1, 0.15) is 44.1 Å². The highest BCUT2D eigenvalue weighted by Gasteiger charge is 2.61. The van der Waals surface area contributed by atoms with Crippen LogP contribution < -0.4 is 0 Å². The standard InChI is InChI=1S/C18H20Cl2O3/c1-2-23-17(22)18(9-11-3-4-12(18)7-11)15(10-21)14-6-5-13(19)8-16(14)20/h5-6,8,10-12,15H,2-4,7,9H2,1H3. The SMILES string of the molecule is CCOC(=O)C1(C(C=O)c2ccc(Cl)cc2Cl)CC2CCC1C2. The predicted molar refractivity (Wildman–Crippen MR) is 89.8 cm³/mol. The lowest BCUT2D eigenvalue weighted by atomic mass is 9.63. The van der Waals surface area contributed by atoms with E-state index in [1.54, 1.807) is 25.1 Å². The van der Waals surface area contributed by atoms with Gasteiger partial charge in [0.2, 0.25) is 0 Å². The molecule has 1 aromatic rings. The number of hydrogen-bond acceptors (Lipinski definition) is 3. The van der Waals surface area contributed by atoms with Gasteiger partial charge in [0, 0.05) is 10.0 Å². The van der Waals surface area contributed by atoms with E-state index in [0.29, 0.717) is 34.6 Å². The van der Waals surface area contributed by atoms with Crippen LogP contribution in [-0.2, 0) is 14.3 Å². The second-order valence-corrected chi connectivity index (χ2v) is 7.46. The summed E-state index contributed by atoms with van der Waals surface area (Å²) in [6, 6.07) is 5.10. The molecule has 0 aliphatic heterocycles. The maximum atomic E-state index is 12.9. The monoisotopic (exact) mass is 354 g/mol. The van der Waals surface area contributed by atoms with Gasteiger partial charge in [0.05, 0.1) is 17.9 Å². The van der Waals surface area contributed by atoms with E-state index < -0.39 is 11.3 Å². The molecule has 124 valence electrons. The average molecular weight is 355 g/mol. The van der Waals surface area contributed by atoms with Gasteiger partial charge in [-0.05, 0) is 55.7 Å². The lowest BCUT2D eigenvalue weighted by Gasteiger charge is -2.39. The van der Waals surface area contributed by atoms with Gasteiger partial charge in [0.1, 0.15) is 6.29 Å². The quantitative estimate of drug-likeness (QED) is 0.571. The Labute approximate surface area is 146 Å². The Kier molecular flexibility index (Phi) is 4.70. The van der Waals surface area contributed by atoms with Crippen LogP contribution in [0.5, 0.6) is 0 Å². The predicted octanol–water partition coefficient (Wildman–Crippen LogP) is 4.65. The zero-order valence-electron chi connectivity index (χ0n) is 13.1. The van der Waals surface area contributed by atoms with E-state index in [1.807, 2.05) is 0 Å². The molecule has 5 heteroatoms. The molecule has 4 atom stereocenters. The van der Waals surface area contributed by atoms with Crippen molar-refractivity contribution in [3.63, 3.8) is 0 Å². The second-order valence-electron chi connectivity index (χ2n) is 6.62. The van der Waals surface area contributed by atoms with Crippen molar-refractivity contribution in [1.82, 2.24) is 0 Å². The Bertz CT molecular complexity index is 631. The molecule has 2 fully saturated rings. The maximum absolute atomic E-state index is 12.9. The molecule has 3 rings (SSSR count). The molecule has 2 aliphatic carbocycles. The van der Waals surface area contributed by atoms with Gasteiger partial charge >= 0.3 is 5.97 Å². The molecule has 0 radical (unpaired) electrons. The fourth-order valence-corrected chi connectivity index (χ4v) is 5.15. The molecule has 0 spiro atoms. The van der Waals surface area contributed by atoms with Crippen LogP contribution >= 0.6 is 23.2 Å². The number of fused-ring (bicyclic) bond motifs is 2. The van der Waals surface area contributed by atoms with E-state index in [2.05, 4.69) is 0 Å². The number of rotatable bonds is 5. The summed E-state index contributed by atoms with van der Waals surface area (Å²) in [6.45, 7) is 2.11. The molecule has 2 saturated carbocycles. The maximum Gasteiger partial charge on any atom is 0.313 e. The van der Waals surface area contributed by atoms with Crippen molar-refractivity contribution >= 4 is 35.5 Å². The highest BCUT2D eigenvalue weighted by Crippen LogP contribution is 2.62. The van der Waals surface area contributed by atoms with Gasteiger partial charge in [-0.3, -0.25) is 4.79 Å². The topological polar surface area (TPSA) is 43.4 Å². The second kappa shape index (κ2) is 6.45. The number of aldehydes is 1. The van der Waals surface area contributed by atoms with Crippen LogP contribution in [0.3, 0.4) is 0 Å². The largest absolute Gasteiger partial charge is 0.466 e. The number of esters is 1. The zero-order chi connectivity index (χ0) is 16.6. The molecule has 1 aromatic carbocycles. The molecular weight excluding hydrogens is 335 g/mol. The Balaban J connectivity index is 2.07. The van der Waals surface area contributed by atoms with Gasteiger partial charge in [-0.25, -0.2) is 0 Å². The normalized spacial score (nSPS) is 30.2. The van der Waals surface area contributed by atoms with Gasteiger partial charge in [0.15, 0.2) is 0 Å². The van der Waals surface area contributed by atoms with Crippen LogP contribution in [0.15, 0.2) is 18.2 Å². The first kappa shape index (κ1) is 16.8. The Morgan fingerprint density at radius 1 is 1.43 bits per heavy atom. The van der Waals surface area contributed by atoms with E-state index in [4.69, 9.17) is 27.9 Å². The molecule has 4 unspecified atom stereocenters. The zero-order valence-corrected chi connectivity index (χ0v) is 14.6. The summed E-state index contributed by atoms with van der Waals surface area (Å²) in [5.74, 6) is -0.150. The van der Waals surface area contributed by atoms with Crippen molar-refractivity contribution in [3.8, 4) is 0 Å².